The Morgan fingerprint density at radius 1 is 0.974 bits per heavy atom. The lowest BCUT2D eigenvalue weighted by Gasteiger charge is -2.39. The van der Waals surface area contributed by atoms with Gasteiger partial charge >= 0.3 is 6.18 Å². The summed E-state index contributed by atoms with van der Waals surface area (Å²) in [7, 11) is 0. The maximum atomic E-state index is 12.9. The monoisotopic (exact) mass is 545 g/mol. The summed E-state index contributed by atoms with van der Waals surface area (Å²) < 4.78 is 44.7. The van der Waals surface area contributed by atoms with E-state index >= 15 is 0 Å². The fourth-order valence-corrected chi connectivity index (χ4v) is 5.79. The van der Waals surface area contributed by atoms with Gasteiger partial charge in [0.25, 0.3) is 5.91 Å². The smallest absolute Gasteiger partial charge is 0.416 e. The fraction of sp³-hybridized carbons (Fsp3) is 0.581. The topological polar surface area (TPSA) is 44.8 Å². The van der Waals surface area contributed by atoms with Gasteiger partial charge in [-0.3, -0.25) is 9.69 Å². The van der Waals surface area contributed by atoms with E-state index in [9.17, 15) is 18.0 Å². The summed E-state index contributed by atoms with van der Waals surface area (Å²) in [4.78, 5) is 16.9. The molecule has 1 saturated heterocycles. The van der Waals surface area contributed by atoms with Crippen molar-refractivity contribution in [3.05, 3.63) is 64.2 Å². The molecular weight excluding hydrogens is 503 g/mol. The van der Waals surface area contributed by atoms with Gasteiger partial charge in [0.2, 0.25) is 0 Å². The van der Waals surface area contributed by atoms with Crippen molar-refractivity contribution in [3.8, 4) is 5.75 Å². The molecule has 2 aromatic rings. The SMILES string of the molecule is Cc1c(OCCCNC2CCCCC2)ccc(C(C)N2CCN(C(=O)c3ccc(C(F)(F)F)cc3)CC2)c1C. The third-order valence-corrected chi connectivity index (χ3v) is 8.45. The second kappa shape index (κ2) is 13.2. The van der Waals surface area contributed by atoms with Crippen LogP contribution in [0.2, 0.25) is 0 Å². The molecule has 1 amide bonds. The minimum atomic E-state index is -4.41. The predicted molar refractivity (Wildman–Crippen MR) is 148 cm³/mol. The Morgan fingerprint density at radius 3 is 2.28 bits per heavy atom. The minimum absolute atomic E-state index is 0.181. The maximum Gasteiger partial charge on any atom is 0.416 e. The van der Waals surface area contributed by atoms with Crippen LogP contribution in [0, 0.1) is 13.8 Å². The lowest BCUT2D eigenvalue weighted by Crippen LogP contribution is -2.49. The molecule has 39 heavy (non-hydrogen) atoms. The molecule has 0 aromatic heterocycles. The van der Waals surface area contributed by atoms with Crippen molar-refractivity contribution in [2.24, 2.45) is 0 Å². The Hall–Kier alpha value is -2.58. The second-order valence-corrected chi connectivity index (χ2v) is 11.0. The molecule has 1 N–H and O–H groups in total. The number of hydrogen-bond acceptors (Lipinski definition) is 4. The Labute approximate surface area is 230 Å². The largest absolute Gasteiger partial charge is 0.493 e. The Kier molecular flexibility index (Phi) is 9.94. The van der Waals surface area contributed by atoms with Gasteiger partial charge in [-0.15, -0.1) is 0 Å². The molecule has 0 spiro atoms. The van der Waals surface area contributed by atoms with Crippen molar-refractivity contribution < 1.29 is 22.7 Å². The number of halogens is 3. The number of piperazine rings is 1. The lowest BCUT2D eigenvalue weighted by atomic mass is 9.95. The highest BCUT2D eigenvalue weighted by Crippen LogP contribution is 2.32. The Bertz CT molecular complexity index is 1090. The van der Waals surface area contributed by atoms with Gasteiger partial charge in [-0.2, -0.15) is 13.2 Å². The number of amides is 1. The summed E-state index contributed by atoms with van der Waals surface area (Å²) in [5.74, 6) is 0.714. The van der Waals surface area contributed by atoms with Gasteiger partial charge in [-0.05, 0) is 93.6 Å². The summed E-state index contributed by atoms with van der Waals surface area (Å²) >= 11 is 0. The number of ether oxygens (including phenoxy) is 1. The molecule has 214 valence electrons. The van der Waals surface area contributed by atoms with E-state index in [1.54, 1.807) is 4.90 Å². The van der Waals surface area contributed by atoms with Crippen molar-refractivity contribution >= 4 is 5.91 Å². The van der Waals surface area contributed by atoms with Crippen LogP contribution in [0.5, 0.6) is 5.75 Å². The van der Waals surface area contributed by atoms with E-state index < -0.39 is 11.7 Å². The molecule has 1 heterocycles. The maximum absolute atomic E-state index is 12.9. The number of rotatable bonds is 9. The number of benzene rings is 2. The number of carbonyl (C=O) groups excluding carboxylic acids is 1. The van der Waals surface area contributed by atoms with Gasteiger partial charge < -0.3 is 15.0 Å². The van der Waals surface area contributed by atoms with Gasteiger partial charge in [-0.1, -0.05) is 25.3 Å². The molecule has 1 atom stereocenters. The van der Waals surface area contributed by atoms with Crippen molar-refractivity contribution in [2.75, 3.05) is 39.3 Å². The van der Waals surface area contributed by atoms with E-state index in [1.807, 2.05) is 0 Å². The summed E-state index contributed by atoms with van der Waals surface area (Å²) in [6.45, 7) is 10.6. The van der Waals surface area contributed by atoms with Crippen molar-refractivity contribution in [1.29, 1.82) is 0 Å². The molecule has 5 nitrogen and oxygen atoms in total. The number of hydrogen-bond donors (Lipinski definition) is 1. The fourth-order valence-electron chi connectivity index (χ4n) is 5.79. The van der Waals surface area contributed by atoms with E-state index in [2.05, 4.69) is 43.1 Å². The zero-order chi connectivity index (χ0) is 28.0. The molecule has 1 saturated carbocycles. The van der Waals surface area contributed by atoms with Crippen LogP contribution in [0.25, 0.3) is 0 Å². The molecule has 4 rings (SSSR count). The molecule has 8 heteroatoms. The molecule has 2 aromatic carbocycles. The lowest BCUT2D eigenvalue weighted by molar-refractivity contribution is -0.137. The van der Waals surface area contributed by atoms with Gasteiger partial charge in [0.05, 0.1) is 12.2 Å². The van der Waals surface area contributed by atoms with E-state index in [0.29, 0.717) is 38.8 Å². The molecule has 1 aliphatic carbocycles. The number of carbonyl (C=O) groups is 1. The summed E-state index contributed by atoms with van der Waals surface area (Å²) in [5.41, 5.74) is 3.18. The first-order valence-corrected chi connectivity index (χ1v) is 14.3. The van der Waals surface area contributed by atoms with Gasteiger partial charge in [-0.25, -0.2) is 0 Å². The highest BCUT2D eigenvalue weighted by atomic mass is 19.4. The van der Waals surface area contributed by atoms with Crippen LogP contribution >= 0.6 is 0 Å². The van der Waals surface area contributed by atoms with Crippen LogP contribution in [-0.2, 0) is 6.18 Å². The zero-order valence-corrected chi connectivity index (χ0v) is 23.4. The van der Waals surface area contributed by atoms with Crippen molar-refractivity contribution in [3.63, 3.8) is 0 Å². The molecule has 1 aliphatic heterocycles. The molecule has 0 radical (unpaired) electrons. The molecule has 0 bridgehead atoms. The average Bonchev–Trinajstić information content (AvgIpc) is 2.94. The summed E-state index contributed by atoms with van der Waals surface area (Å²) in [6.07, 6.45) is 3.23. The standard InChI is InChI=1S/C31H42F3N3O2/c1-22-23(2)29(39-21-7-16-35-27-8-5-4-6-9-27)15-14-28(22)24(3)36-17-19-37(20-18-36)30(38)25-10-12-26(13-11-25)31(32,33)34/h10-15,24,27,35H,4-9,16-21H2,1-3H3. The van der Waals surface area contributed by atoms with E-state index in [1.165, 1.54) is 55.4 Å². The van der Waals surface area contributed by atoms with Crippen LogP contribution in [0.3, 0.4) is 0 Å². The predicted octanol–water partition coefficient (Wildman–Crippen LogP) is 6.53. The van der Waals surface area contributed by atoms with Crippen LogP contribution in [0.4, 0.5) is 13.2 Å². The third-order valence-electron chi connectivity index (χ3n) is 8.45. The third kappa shape index (κ3) is 7.54. The number of nitrogens with zero attached hydrogens (tertiary/aromatic N) is 2. The van der Waals surface area contributed by atoms with Crippen LogP contribution in [0.1, 0.15) is 84.1 Å². The average molecular weight is 546 g/mol. The first-order chi connectivity index (χ1) is 18.6. The quantitative estimate of drug-likeness (QED) is 0.364. The first kappa shape index (κ1) is 29.4. The Morgan fingerprint density at radius 2 is 1.64 bits per heavy atom. The van der Waals surface area contributed by atoms with Crippen LogP contribution in [0.15, 0.2) is 36.4 Å². The minimum Gasteiger partial charge on any atom is -0.493 e. The number of alkyl halides is 3. The van der Waals surface area contributed by atoms with Crippen molar-refractivity contribution in [2.45, 2.75) is 77.6 Å². The van der Waals surface area contributed by atoms with Crippen LogP contribution in [-0.4, -0.2) is 61.1 Å². The first-order valence-electron chi connectivity index (χ1n) is 14.3. The van der Waals surface area contributed by atoms with Crippen molar-refractivity contribution in [1.82, 2.24) is 15.1 Å². The summed E-state index contributed by atoms with van der Waals surface area (Å²) in [6, 6.07) is 9.56. The summed E-state index contributed by atoms with van der Waals surface area (Å²) in [5, 5.41) is 3.67. The molecule has 1 unspecified atom stereocenters. The molecular formula is C31H42F3N3O2. The van der Waals surface area contributed by atoms with E-state index in [-0.39, 0.29) is 17.5 Å². The second-order valence-electron chi connectivity index (χ2n) is 11.0. The van der Waals surface area contributed by atoms with Gasteiger partial charge in [0.15, 0.2) is 0 Å². The van der Waals surface area contributed by atoms with Crippen LogP contribution < -0.4 is 10.1 Å². The number of nitrogens with one attached hydrogen (secondary N) is 1. The normalized spacial score (nSPS) is 18.3. The zero-order valence-electron chi connectivity index (χ0n) is 23.4. The molecule has 2 aliphatic rings. The van der Waals surface area contributed by atoms with Gasteiger partial charge in [0, 0.05) is 43.8 Å². The molecule has 2 fully saturated rings. The van der Waals surface area contributed by atoms with Gasteiger partial charge in [0.1, 0.15) is 5.75 Å². The Balaban J connectivity index is 1.26. The van der Waals surface area contributed by atoms with E-state index in [0.717, 1.165) is 36.4 Å². The van der Waals surface area contributed by atoms with E-state index in [4.69, 9.17) is 4.74 Å². The highest BCUT2D eigenvalue weighted by Gasteiger charge is 2.31. The highest BCUT2D eigenvalue weighted by molar-refractivity contribution is 5.94.